The maximum Gasteiger partial charge on any atom is 0.126 e. The van der Waals surface area contributed by atoms with Crippen molar-refractivity contribution >= 4 is 0 Å². The van der Waals surface area contributed by atoms with Crippen LogP contribution in [0.1, 0.15) is 19.4 Å². The van der Waals surface area contributed by atoms with Crippen molar-refractivity contribution < 1.29 is 4.39 Å². The van der Waals surface area contributed by atoms with Gasteiger partial charge in [-0.1, -0.05) is 32.0 Å². The fourth-order valence-electron chi connectivity index (χ4n) is 1.70. The second kappa shape index (κ2) is 4.56. The number of benzene rings is 1. The van der Waals surface area contributed by atoms with Crippen LogP contribution in [0.4, 0.5) is 4.39 Å². The molecule has 1 N–H and O–H groups in total. The highest BCUT2D eigenvalue weighted by molar-refractivity contribution is 5.18. The van der Waals surface area contributed by atoms with E-state index in [1.165, 1.54) is 6.07 Å². The first-order chi connectivity index (χ1) is 6.55. The summed E-state index contributed by atoms with van der Waals surface area (Å²) in [5, 5.41) is 3.13. The SMILES string of the molecule is CNCC(C)(C)Cc1ccccc1F. The predicted octanol–water partition coefficient (Wildman–Crippen LogP) is 2.61. The van der Waals surface area contributed by atoms with E-state index in [-0.39, 0.29) is 11.2 Å². The van der Waals surface area contributed by atoms with Crippen molar-refractivity contribution in [1.82, 2.24) is 5.32 Å². The fraction of sp³-hybridized carbons (Fsp3) is 0.500. The zero-order valence-electron chi connectivity index (χ0n) is 9.10. The minimum absolute atomic E-state index is 0.0942. The van der Waals surface area contributed by atoms with Crippen molar-refractivity contribution in [3.63, 3.8) is 0 Å². The van der Waals surface area contributed by atoms with Crippen LogP contribution in [0.25, 0.3) is 0 Å². The van der Waals surface area contributed by atoms with E-state index in [0.29, 0.717) is 0 Å². The second-order valence-electron chi connectivity index (χ2n) is 4.46. The van der Waals surface area contributed by atoms with E-state index >= 15 is 0 Å². The van der Waals surface area contributed by atoms with Gasteiger partial charge in [-0.3, -0.25) is 0 Å². The van der Waals surface area contributed by atoms with Crippen LogP contribution in [-0.4, -0.2) is 13.6 Å². The van der Waals surface area contributed by atoms with Gasteiger partial charge >= 0.3 is 0 Å². The van der Waals surface area contributed by atoms with Gasteiger partial charge in [-0.25, -0.2) is 4.39 Å². The quantitative estimate of drug-likeness (QED) is 0.778. The maximum absolute atomic E-state index is 13.3. The lowest BCUT2D eigenvalue weighted by Crippen LogP contribution is -2.29. The standard InChI is InChI=1S/C12H18FN/c1-12(2,9-14-3)8-10-6-4-5-7-11(10)13/h4-7,14H,8-9H2,1-3H3. The molecule has 1 nitrogen and oxygen atoms in total. The summed E-state index contributed by atoms with van der Waals surface area (Å²) in [7, 11) is 1.92. The molecule has 0 saturated heterocycles. The van der Waals surface area contributed by atoms with Gasteiger partial charge in [-0.2, -0.15) is 0 Å². The smallest absolute Gasteiger partial charge is 0.126 e. The predicted molar refractivity (Wildman–Crippen MR) is 57.8 cm³/mol. The minimum atomic E-state index is -0.100. The van der Waals surface area contributed by atoms with Gasteiger partial charge < -0.3 is 5.32 Å². The molecule has 0 amide bonds. The van der Waals surface area contributed by atoms with Crippen molar-refractivity contribution in [1.29, 1.82) is 0 Å². The number of nitrogens with one attached hydrogen (secondary N) is 1. The molecule has 0 aliphatic heterocycles. The number of hydrogen-bond acceptors (Lipinski definition) is 1. The first-order valence-electron chi connectivity index (χ1n) is 4.93. The number of hydrogen-bond donors (Lipinski definition) is 1. The van der Waals surface area contributed by atoms with E-state index in [1.807, 2.05) is 19.2 Å². The van der Waals surface area contributed by atoms with E-state index < -0.39 is 0 Å². The molecule has 0 fully saturated rings. The molecule has 0 spiro atoms. The first kappa shape index (κ1) is 11.2. The lowest BCUT2D eigenvalue weighted by molar-refractivity contribution is 0.344. The van der Waals surface area contributed by atoms with Crippen molar-refractivity contribution in [3.05, 3.63) is 35.6 Å². The number of halogens is 1. The fourth-order valence-corrected chi connectivity index (χ4v) is 1.70. The average molecular weight is 195 g/mol. The van der Waals surface area contributed by atoms with Gasteiger partial charge in [0.05, 0.1) is 0 Å². The van der Waals surface area contributed by atoms with Crippen molar-refractivity contribution in [2.75, 3.05) is 13.6 Å². The van der Waals surface area contributed by atoms with E-state index in [2.05, 4.69) is 19.2 Å². The van der Waals surface area contributed by atoms with Crippen LogP contribution in [0.15, 0.2) is 24.3 Å². The van der Waals surface area contributed by atoms with Crippen LogP contribution in [0.3, 0.4) is 0 Å². The van der Waals surface area contributed by atoms with Gasteiger partial charge in [0.25, 0.3) is 0 Å². The lowest BCUT2D eigenvalue weighted by atomic mass is 9.85. The normalized spacial score (nSPS) is 11.7. The van der Waals surface area contributed by atoms with Crippen LogP contribution >= 0.6 is 0 Å². The Hall–Kier alpha value is -0.890. The summed E-state index contributed by atoms with van der Waals surface area (Å²) >= 11 is 0. The van der Waals surface area contributed by atoms with E-state index in [0.717, 1.165) is 18.5 Å². The van der Waals surface area contributed by atoms with Crippen LogP contribution in [0.2, 0.25) is 0 Å². The Kier molecular flexibility index (Phi) is 3.64. The third-order valence-electron chi connectivity index (χ3n) is 2.28. The molecule has 0 radical (unpaired) electrons. The molecule has 0 atom stereocenters. The molecular formula is C12H18FN. The molecule has 1 rings (SSSR count). The van der Waals surface area contributed by atoms with Gasteiger partial charge in [0, 0.05) is 6.54 Å². The Morgan fingerprint density at radius 3 is 2.50 bits per heavy atom. The molecule has 1 aromatic rings. The average Bonchev–Trinajstić information content (AvgIpc) is 2.08. The molecular weight excluding hydrogens is 177 g/mol. The maximum atomic E-state index is 13.3. The Labute approximate surface area is 85.3 Å². The van der Waals surface area contributed by atoms with Crippen LogP contribution in [0.5, 0.6) is 0 Å². The van der Waals surface area contributed by atoms with E-state index in [9.17, 15) is 4.39 Å². The molecule has 14 heavy (non-hydrogen) atoms. The molecule has 0 aliphatic carbocycles. The zero-order chi connectivity index (χ0) is 10.6. The van der Waals surface area contributed by atoms with Crippen molar-refractivity contribution in [2.45, 2.75) is 20.3 Å². The minimum Gasteiger partial charge on any atom is -0.319 e. The first-order valence-corrected chi connectivity index (χ1v) is 4.93. The van der Waals surface area contributed by atoms with E-state index in [1.54, 1.807) is 6.07 Å². The van der Waals surface area contributed by atoms with Crippen molar-refractivity contribution in [3.8, 4) is 0 Å². The molecule has 78 valence electrons. The third kappa shape index (κ3) is 3.11. The highest BCUT2D eigenvalue weighted by atomic mass is 19.1. The largest absolute Gasteiger partial charge is 0.319 e. The molecule has 0 unspecified atom stereocenters. The number of rotatable bonds is 4. The summed E-state index contributed by atoms with van der Waals surface area (Å²) in [5.74, 6) is -0.100. The molecule has 0 aliphatic rings. The van der Waals surface area contributed by atoms with Gasteiger partial charge in [0.2, 0.25) is 0 Å². The summed E-state index contributed by atoms with van der Waals surface area (Å²) in [6.07, 6.45) is 0.764. The zero-order valence-corrected chi connectivity index (χ0v) is 9.10. The summed E-state index contributed by atoms with van der Waals surface area (Å²) < 4.78 is 13.3. The molecule has 0 saturated carbocycles. The highest BCUT2D eigenvalue weighted by Gasteiger charge is 2.18. The van der Waals surface area contributed by atoms with Crippen LogP contribution in [0, 0.1) is 11.2 Å². The lowest BCUT2D eigenvalue weighted by Gasteiger charge is -2.24. The van der Waals surface area contributed by atoms with Gasteiger partial charge in [-0.05, 0) is 30.5 Å². The Bertz CT molecular complexity index is 294. The summed E-state index contributed by atoms with van der Waals surface area (Å²) in [5.41, 5.74) is 0.893. The molecule has 0 aromatic heterocycles. The third-order valence-corrected chi connectivity index (χ3v) is 2.28. The van der Waals surface area contributed by atoms with Crippen LogP contribution in [-0.2, 0) is 6.42 Å². The molecule has 2 heteroatoms. The van der Waals surface area contributed by atoms with Crippen molar-refractivity contribution in [2.24, 2.45) is 5.41 Å². The monoisotopic (exact) mass is 195 g/mol. The van der Waals surface area contributed by atoms with E-state index in [4.69, 9.17) is 0 Å². The Morgan fingerprint density at radius 1 is 1.29 bits per heavy atom. The molecule has 1 aromatic carbocycles. The Balaban J connectivity index is 2.73. The second-order valence-corrected chi connectivity index (χ2v) is 4.46. The molecule has 0 bridgehead atoms. The van der Waals surface area contributed by atoms with Gasteiger partial charge in [-0.15, -0.1) is 0 Å². The topological polar surface area (TPSA) is 12.0 Å². The summed E-state index contributed by atoms with van der Waals surface area (Å²) in [6.45, 7) is 5.16. The van der Waals surface area contributed by atoms with Crippen LogP contribution < -0.4 is 5.32 Å². The van der Waals surface area contributed by atoms with Gasteiger partial charge in [0.15, 0.2) is 0 Å². The summed E-state index contributed by atoms with van der Waals surface area (Å²) in [6, 6.07) is 6.98. The van der Waals surface area contributed by atoms with Gasteiger partial charge in [0.1, 0.15) is 5.82 Å². The Morgan fingerprint density at radius 2 is 1.93 bits per heavy atom. The highest BCUT2D eigenvalue weighted by Crippen LogP contribution is 2.22. The summed E-state index contributed by atoms with van der Waals surface area (Å²) in [4.78, 5) is 0. The molecule has 0 heterocycles.